The summed E-state index contributed by atoms with van der Waals surface area (Å²) in [5.41, 5.74) is 3.07. The zero-order valence-electron chi connectivity index (χ0n) is 23.6. The molecule has 0 aliphatic rings. The number of methoxy groups -OCH3 is 2. The first-order chi connectivity index (χ1) is 21.8. The van der Waals surface area contributed by atoms with Gasteiger partial charge in [0.1, 0.15) is 21.9 Å². The molecule has 236 valence electrons. The lowest BCUT2D eigenvalue weighted by Crippen LogP contribution is -2.07. The summed E-state index contributed by atoms with van der Waals surface area (Å²) in [6.45, 7) is 0. The molecule has 12 nitrogen and oxygen atoms in total. The molecule has 0 saturated heterocycles. The number of pyridine rings is 4. The lowest BCUT2D eigenvalue weighted by atomic mass is 10.2. The monoisotopic (exact) mass is 692 g/mol. The van der Waals surface area contributed by atoms with Crippen molar-refractivity contribution in [2.24, 2.45) is 0 Å². The third kappa shape index (κ3) is 9.65. The van der Waals surface area contributed by atoms with Crippen LogP contribution in [0.2, 0.25) is 0 Å². The average molecular weight is 694 g/mol. The van der Waals surface area contributed by atoms with Crippen LogP contribution in [0, 0.1) is 11.6 Å². The fourth-order valence-corrected chi connectivity index (χ4v) is 3.87. The highest BCUT2D eigenvalue weighted by Gasteiger charge is 2.11. The smallest absolute Gasteiger partial charge is 0.356 e. The fraction of sp³-hybridized carbons (Fsp3) is 0.0968. The summed E-state index contributed by atoms with van der Waals surface area (Å²) in [4.78, 5) is 37.9. The van der Waals surface area contributed by atoms with Gasteiger partial charge in [-0.1, -0.05) is 19.6 Å². The van der Waals surface area contributed by atoms with E-state index >= 15 is 0 Å². The highest BCUT2D eigenvalue weighted by atomic mass is 79.9. The molecule has 6 aromatic rings. The minimum Gasteiger partial charge on any atom is -0.464 e. The molecule has 0 unspecified atom stereocenters. The molecule has 6 rings (SSSR count). The number of nitrogens with one attached hydrogen (secondary N) is 1. The summed E-state index contributed by atoms with van der Waals surface area (Å²) in [7, 11) is 2.62. The van der Waals surface area contributed by atoms with Gasteiger partial charge in [-0.2, -0.15) is 10.2 Å². The van der Waals surface area contributed by atoms with E-state index in [-0.39, 0.29) is 18.9 Å². The molecule has 1 N–H and O–H groups in total. The van der Waals surface area contributed by atoms with Gasteiger partial charge >= 0.3 is 11.9 Å². The fourth-order valence-electron chi connectivity index (χ4n) is 3.53. The highest BCUT2D eigenvalue weighted by molar-refractivity contribution is 9.10. The van der Waals surface area contributed by atoms with Gasteiger partial charge < -0.3 is 9.47 Å². The average Bonchev–Trinajstić information content (AvgIpc) is 3.79. The van der Waals surface area contributed by atoms with E-state index in [0.717, 1.165) is 11.9 Å². The van der Waals surface area contributed by atoms with Gasteiger partial charge in [-0.05, 0) is 64.5 Å². The molecule has 46 heavy (non-hydrogen) atoms. The van der Waals surface area contributed by atoms with Gasteiger partial charge in [0, 0.05) is 35.9 Å². The molecule has 0 saturated carbocycles. The lowest BCUT2D eigenvalue weighted by Gasteiger charge is -2.03. The number of hydrogen-bond donors (Lipinski definition) is 1. The van der Waals surface area contributed by atoms with Crippen LogP contribution in [-0.4, -0.2) is 66.1 Å². The number of rotatable bonds is 5. The molecule has 0 fully saturated rings. The summed E-state index contributed by atoms with van der Waals surface area (Å²) in [5.74, 6) is -1.27. The summed E-state index contributed by atoms with van der Waals surface area (Å²) in [6, 6.07) is 16.2. The van der Waals surface area contributed by atoms with Crippen molar-refractivity contribution in [1.29, 1.82) is 0 Å². The zero-order valence-corrected chi connectivity index (χ0v) is 25.2. The van der Waals surface area contributed by atoms with E-state index in [1.807, 2.05) is 0 Å². The molecule has 0 atom stereocenters. The Balaban J connectivity index is 0.000000204. The molecule has 0 radical (unpaired) electrons. The maximum Gasteiger partial charge on any atom is 0.356 e. The van der Waals surface area contributed by atoms with Crippen molar-refractivity contribution in [2.75, 3.05) is 14.2 Å². The minimum atomic E-state index is -0.524. The number of hydrogen-bond acceptors (Lipinski definition) is 10. The lowest BCUT2D eigenvalue weighted by molar-refractivity contribution is 0.0585. The molecule has 0 aromatic carbocycles. The topological polar surface area (TPSA) is 151 Å². The van der Waals surface area contributed by atoms with E-state index in [2.05, 4.69) is 60.6 Å². The Morgan fingerprint density at radius 2 is 1.41 bits per heavy atom. The van der Waals surface area contributed by atoms with Crippen LogP contribution in [0.25, 0.3) is 28.3 Å². The molecule has 15 heteroatoms. The van der Waals surface area contributed by atoms with E-state index < -0.39 is 17.8 Å². The Morgan fingerprint density at radius 3 is 2.00 bits per heavy atom. The molecule has 0 spiro atoms. The highest BCUT2D eigenvalue weighted by Crippen LogP contribution is 2.18. The number of aromatic amines is 1. The number of carbonyl (C=O) groups excluding carboxylic acids is 2. The maximum absolute atomic E-state index is 13.2. The van der Waals surface area contributed by atoms with E-state index in [1.165, 1.54) is 43.4 Å². The summed E-state index contributed by atoms with van der Waals surface area (Å²) < 4.78 is 37.1. The predicted octanol–water partition coefficient (Wildman–Crippen LogP) is 6.13. The van der Waals surface area contributed by atoms with Crippen molar-refractivity contribution in [3.8, 4) is 28.3 Å². The van der Waals surface area contributed by atoms with Crippen LogP contribution in [0.15, 0.2) is 102 Å². The largest absolute Gasteiger partial charge is 0.464 e. The predicted molar refractivity (Wildman–Crippen MR) is 168 cm³/mol. The van der Waals surface area contributed by atoms with Crippen LogP contribution < -0.4 is 0 Å². The van der Waals surface area contributed by atoms with Crippen LogP contribution in [0.5, 0.6) is 0 Å². The van der Waals surface area contributed by atoms with Gasteiger partial charge in [-0.25, -0.2) is 33.0 Å². The Labute approximate surface area is 270 Å². The number of aromatic nitrogens is 8. The number of ether oxygens (including phenoxy) is 2. The van der Waals surface area contributed by atoms with Crippen LogP contribution in [0.1, 0.15) is 28.4 Å². The summed E-state index contributed by atoms with van der Waals surface area (Å²) >= 11 is 3.14. The maximum atomic E-state index is 13.2. The molecular weight excluding hydrogens is 666 g/mol. The number of halogens is 3. The molecule has 0 bridgehead atoms. The van der Waals surface area contributed by atoms with E-state index in [4.69, 9.17) is 0 Å². The van der Waals surface area contributed by atoms with E-state index in [1.54, 1.807) is 67.1 Å². The van der Waals surface area contributed by atoms with Gasteiger partial charge in [-0.3, -0.25) is 15.1 Å². The molecule has 6 aromatic heterocycles. The number of nitrogens with zero attached hydrogens (tertiary/aromatic N) is 7. The normalized spacial score (nSPS) is 9.85. The Bertz CT molecular complexity index is 1890. The molecule has 0 amide bonds. The molecular formula is C31H27BrF2N8O4. The van der Waals surface area contributed by atoms with Gasteiger partial charge in [0.25, 0.3) is 0 Å². The first-order valence-electron chi connectivity index (χ1n) is 12.8. The second-order valence-electron chi connectivity index (χ2n) is 8.61. The summed E-state index contributed by atoms with van der Waals surface area (Å²) in [5, 5.41) is 10.8. The van der Waals surface area contributed by atoms with Gasteiger partial charge in [0.05, 0.1) is 38.0 Å². The SMILES string of the molecule is C.COC(=O)c1cccc(-n2ccc(-c3cncc(F)c3)n2)n1.COC(=O)c1cccc(Br)n1.Fc1cncc(-c2ccn[nH]2)c1. The van der Waals surface area contributed by atoms with Crippen molar-refractivity contribution in [3.05, 3.63) is 125 Å². The van der Waals surface area contributed by atoms with Gasteiger partial charge in [0.15, 0.2) is 11.5 Å². The number of esters is 2. The van der Waals surface area contributed by atoms with Crippen LogP contribution in [0.4, 0.5) is 8.78 Å². The third-order valence-corrected chi connectivity index (χ3v) is 6.02. The van der Waals surface area contributed by atoms with E-state index in [0.29, 0.717) is 32.9 Å². The van der Waals surface area contributed by atoms with Crippen molar-refractivity contribution in [2.45, 2.75) is 7.43 Å². The van der Waals surface area contributed by atoms with Gasteiger partial charge in [0.2, 0.25) is 0 Å². The Kier molecular flexibility index (Phi) is 12.8. The van der Waals surface area contributed by atoms with Crippen LogP contribution >= 0.6 is 15.9 Å². The first kappa shape index (κ1) is 34.8. The first-order valence-corrected chi connectivity index (χ1v) is 13.6. The Hall–Kier alpha value is -5.70. The second kappa shape index (κ2) is 17.0. The molecule has 0 aliphatic carbocycles. The van der Waals surface area contributed by atoms with Crippen LogP contribution in [-0.2, 0) is 9.47 Å². The third-order valence-electron chi connectivity index (χ3n) is 5.58. The molecule has 0 aliphatic heterocycles. The second-order valence-corrected chi connectivity index (χ2v) is 9.42. The Morgan fingerprint density at radius 1 is 0.804 bits per heavy atom. The minimum absolute atomic E-state index is 0. The van der Waals surface area contributed by atoms with E-state index in [9.17, 15) is 18.4 Å². The zero-order chi connectivity index (χ0) is 32.2. The van der Waals surface area contributed by atoms with Crippen molar-refractivity contribution < 1.29 is 27.8 Å². The van der Waals surface area contributed by atoms with Crippen molar-refractivity contribution in [3.63, 3.8) is 0 Å². The summed E-state index contributed by atoms with van der Waals surface area (Å²) in [6.07, 6.45) is 8.68. The standard InChI is InChI=1S/C15H11FN4O2.C8H6FN3.C7H6BrNO2.CH4/c1-22-15(21)13-3-2-4-14(18-13)20-6-5-12(19-20)10-7-11(16)9-17-8-10;9-7-3-6(4-10-5-7)8-1-2-11-12-8;1-11-7(10)5-3-2-4-6(8)9-5;/h2-9H,1H3;1-5H,(H,11,12);2-4H,1H3;1H4. The molecule has 6 heterocycles. The van der Waals surface area contributed by atoms with Crippen molar-refractivity contribution in [1.82, 2.24) is 39.9 Å². The van der Waals surface area contributed by atoms with Crippen molar-refractivity contribution >= 4 is 27.9 Å². The number of carbonyl (C=O) groups is 2. The van der Waals surface area contributed by atoms with Crippen LogP contribution in [0.3, 0.4) is 0 Å². The quantitative estimate of drug-likeness (QED) is 0.165. The number of H-pyrrole nitrogens is 1. The van der Waals surface area contributed by atoms with Gasteiger partial charge in [-0.15, -0.1) is 0 Å².